The first-order valence-electron chi connectivity index (χ1n) is 26.3. The van der Waals surface area contributed by atoms with Crippen molar-refractivity contribution in [2.75, 3.05) is 4.90 Å². The first-order chi connectivity index (χ1) is 34.5. The predicted octanol–water partition coefficient (Wildman–Crippen LogP) is 18.5. The van der Waals surface area contributed by atoms with Crippen molar-refractivity contribution >= 4 is 17.1 Å². The Labute approximate surface area is 420 Å². The van der Waals surface area contributed by atoms with Crippen LogP contribution in [0.15, 0.2) is 200 Å². The molecular formula is C70H61N. The molecule has 2 fully saturated rings. The number of anilines is 3. The van der Waals surface area contributed by atoms with E-state index in [-0.39, 0.29) is 16.2 Å². The van der Waals surface area contributed by atoms with Gasteiger partial charge < -0.3 is 4.90 Å². The minimum Gasteiger partial charge on any atom is -0.309 e. The van der Waals surface area contributed by atoms with Gasteiger partial charge in [-0.1, -0.05) is 224 Å². The van der Waals surface area contributed by atoms with Gasteiger partial charge in [0.2, 0.25) is 0 Å². The maximum Gasteiger partial charge on any atom is 0.0726 e. The molecule has 346 valence electrons. The summed E-state index contributed by atoms with van der Waals surface area (Å²) in [5.74, 6) is 1.51. The van der Waals surface area contributed by atoms with E-state index in [4.69, 9.17) is 0 Å². The molecule has 2 bridgehead atoms. The molecule has 0 saturated heterocycles. The van der Waals surface area contributed by atoms with E-state index in [1.165, 1.54) is 120 Å². The van der Waals surface area contributed by atoms with Crippen LogP contribution < -0.4 is 4.90 Å². The van der Waals surface area contributed by atoms with Gasteiger partial charge in [-0.2, -0.15) is 0 Å². The third-order valence-electron chi connectivity index (χ3n) is 17.9. The van der Waals surface area contributed by atoms with Gasteiger partial charge in [0.15, 0.2) is 0 Å². The lowest BCUT2D eigenvalue weighted by molar-refractivity contribution is 0.327. The molecule has 5 aliphatic rings. The summed E-state index contributed by atoms with van der Waals surface area (Å²) in [5.41, 5.74) is 27.5. The van der Waals surface area contributed by atoms with Crippen molar-refractivity contribution in [3.8, 4) is 55.6 Å². The molecule has 2 spiro atoms. The van der Waals surface area contributed by atoms with Crippen LogP contribution in [0.3, 0.4) is 0 Å². The predicted molar refractivity (Wildman–Crippen MR) is 297 cm³/mol. The Balaban J connectivity index is 1.06. The molecule has 14 rings (SSSR count). The summed E-state index contributed by atoms with van der Waals surface area (Å²) in [6, 6.07) is 77.6. The van der Waals surface area contributed by atoms with Crippen molar-refractivity contribution in [2.45, 2.75) is 88.9 Å². The van der Waals surface area contributed by atoms with Crippen LogP contribution >= 0.6 is 0 Å². The van der Waals surface area contributed by atoms with E-state index in [1.807, 2.05) is 0 Å². The van der Waals surface area contributed by atoms with E-state index in [9.17, 15) is 0 Å². The fourth-order valence-corrected chi connectivity index (χ4v) is 14.7. The SMILES string of the molecule is CC(C)(C)c1ccc2c(c1)C1(c3ccccc3-c3ccc(N(c4ccccc4-c4ccccc4)c4ccccc4-c4cccc5c4-c4ccccc4C54CC5CCC4C5)cc31)c1cc(C(C)(C)C)ccc1-2. The molecule has 3 unspecified atom stereocenters. The average Bonchev–Trinajstić information content (AvgIpc) is 4.20. The van der Waals surface area contributed by atoms with Crippen molar-refractivity contribution in [3.63, 3.8) is 0 Å². The van der Waals surface area contributed by atoms with Crippen LogP contribution in [-0.4, -0.2) is 0 Å². The summed E-state index contributed by atoms with van der Waals surface area (Å²) in [4.78, 5) is 2.61. The van der Waals surface area contributed by atoms with Crippen LogP contribution in [0.25, 0.3) is 55.6 Å². The number of nitrogens with zero attached hydrogens (tertiary/aromatic N) is 1. The van der Waals surface area contributed by atoms with Gasteiger partial charge in [0.1, 0.15) is 0 Å². The Morgan fingerprint density at radius 1 is 0.394 bits per heavy atom. The number of hydrogen-bond acceptors (Lipinski definition) is 1. The monoisotopic (exact) mass is 915 g/mol. The van der Waals surface area contributed by atoms with Crippen LogP contribution in [0.5, 0.6) is 0 Å². The third-order valence-corrected chi connectivity index (χ3v) is 17.9. The first-order valence-corrected chi connectivity index (χ1v) is 26.3. The summed E-state index contributed by atoms with van der Waals surface area (Å²) in [5, 5.41) is 0. The molecule has 0 aliphatic heterocycles. The molecule has 71 heavy (non-hydrogen) atoms. The zero-order valence-corrected chi connectivity index (χ0v) is 42.0. The number of fused-ring (bicyclic) bond motifs is 18. The zero-order chi connectivity index (χ0) is 48.0. The third kappa shape index (κ3) is 5.93. The van der Waals surface area contributed by atoms with Gasteiger partial charge in [-0.05, 0) is 155 Å². The van der Waals surface area contributed by atoms with Crippen LogP contribution in [0.4, 0.5) is 17.1 Å². The molecular weight excluding hydrogens is 855 g/mol. The van der Waals surface area contributed by atoms with Gasteiger partial charge in [0.05, 0.1) is 16.8 Å². The fourth-order valence-electron chi connectivity index (χ4n) is 14.7. The first kappa shape index (κ1) is 42.6. The lowest BCUT2D eigenvalue weighted by atomic mass is 9.66. The van der Waals surface area contributed by atoms with E-state index >= 15 is 0 Å². The highest BCUT2D eigenvalue weighted by Gasteiger charge is 2.57. The van der Waals surface area contributed by atoms with Crippen LogP contribution in [0, 0.1) is 11.8 Å². The van der Waals surface area contributed by atoms with Gasteiger partial charge in [-0.15, -0.1) is 0 Å². The fraction of sp³-hybridized carbons (Fsp3) is 0.229. The largest absolute Gasteiger partial charge is 0.309 e. The van der Waals surface area contributed by atoms with Crippen molar-refractivity contribution in [3.05, 3.63) is 245 Å². The molecule has 0 N–H and O–H groups in total. The molecule has 9 aromatic carbocycles. The Kier molecular flexibility index (Phi) is 9.10. The van der Waals surface area contributed by atoms with E-state index < -0.39 is 5.41 Å². The topological polar surface area (TPSA) is 3.24 Å². The second-order valence-electron chi connectivity index (χ2n) is 23.6. The quantitative estimate of drug-likeness (QED) is 0.166. The molecule has 9 aromatic rings. The van der Waals surface area contributed by atoms with Gasteiger partial charge in [-0.25, -0.2) is 0 Å². The van der Waals surface area contributed by atoms with Gasteiger partial charge >= 0.3 is 0 Å². The molecule has 3 atom stereocenters. The lowest BCUT2D eigenvalue weighted by Crippen LogP contribution is -2.31. The summed E-state index contributed by atoms with van der Waals surface area (Å²) in [6.07, 6.45) is 5.33. The van der Waals surface area contributed by atoms with Gasteiger partial charge in [0.25, 0.3) is 0 Å². The average molecular weight is 916 g/mol. The minimum absolute atomic E-state index is 0.0266. The standard InChI is InChI=1S/C70H61N/c1-67(2,3)46-33-36-52-53-37-34-47(68(4,5)6)41-62(53)70(61(52)40-46)59-27-15-10-22-51(59)54-38-35-49(42-63(54)70)71(64-29-16-12-21-50(64)45-19-8-7-9-20-45)65-30-17-13-23-55(65)56-25-18-28-60-66(56)57-24-11-14-26-58(57)69(60)43-44-31-32-48(69)39-44/h7-30,33-38,40-42,44,48H,31-32,39,43H2,1-6H3. The van der Waals surface area contributed by atoms with E-state index in [2.05, 4.69) is 247 Å². The Morgan fingerprint density at radius 3 is 1.54 bits per heavy atom. The Hall–Kier alpha value is -7.22. The lowest BCUT2D eigenvalue weighted by Gasteiger charge is -2.36. The summed E-state index contributed by atoms with van der Waals surface area (Å²) in [6.45, 7) is 14.1. The van der Waals surface area contributed by atoms with Crippen LogP contribution in [0.2, 0.25) is 0 Å². The Bertz CT molecular complexity index is 3590. The maximum atomic E-state index is 2.61. The maximum absolute atomic E-state index is 2.61. The number of hydrogen-bond donors (Lipinski definition) is 0. The molecule has 0 aromatic heterocycles. The normalized spacial score (nSPS) is 19.4. The molecule has 0 amide bonds. The molecule has 0 heterocycles. The van der Waals surface area contributed by atoms with Gasteiger partial charge in [0, 0.05) is 22.2 Å². The second kappa shape index (κ2) is 15.1. The highest BCUT2D eigenvalue weighted by atomic mass is 15.1. The van der Waals surface area contributed by atoms with E-state index in [0.717, 1.165) is 17.3 Å². The Morgan fingerprint density at radius 2 is 0.901 bits per heavy atom. The summed E-state index contributed by atoms with van der Waals surface area (Å²) < 4.78 is 0. The van der Waals surface area contributed by atoms with Crippen LogP contribution in [-0.2, 0) is 21.7 Å². The second-order valence-corrected chi connectivity index (χ2v) is 23.6. The highest BCUT2D eigenvalue weighted by molar-refractivity contribution is 6.02. The van der Waals surface area contributed by atoms with Crippen LogP contribution in [0.1, 0.15) is 112 Å². The van der Waals surface area contributed by atoms with Crippen molar-refractivity contribution in [1.29, 1.82) is 0 Å². The van der Waals surface area contributed by atoms with Crippen molar-refractivity contribution in [2.24, 2.45) is 11.8 Å². The smallest absolute Gasteiger partial charge is 0.0726 e. The number of benzene rings is 9. The number of rotatable bonds is 5. The molecule has 5 aliphatic carbocycles. The molecule has 2 saturated carbocycles. The zero-order valence-electron chi connectivity index (χ0n) is 42.0. The highest BCUT2D eigenvalue weighted by Crippen LogP contribution is 2.68. The summed E-state index contributed by atoms with van der Waals surface area (Å²) >= 11 is 0. The molecule has 0 radical (unpaired) electrons. The summed E-state index contributed by atoms with van der Waals surface area (Å²) in [7, 11) is 0. The van der Waals surface area contributed by atoms with Gasteiger partial charge in [-0.3, -0.25) is 0 Å². The number of para-hydroxylation sites is 2. The minimum atomic E-state index is -0.530. The van der Waals surface area contributed by atoms with Crippen molar-refractivity contribution < 1.29 is 0 Å². The van der Waals surface area contributed by atoms with E-state index in [1.54, 1.807) is 11.1 Å². The molecule has 1 heteroatoms. The van der Waals surface area contributed by atoms with Crippen molar-refractivity contribution in [1.82, 2.24) is 0 Å². The molecule has 1 nitrogen and oxygen atoms in total. The van der Waals surface area contributed by atoms with E-state index in [0.29, 0.717) is 5.92 Å².